The average Bonchev–Trinajstić information content (AvgIpc) is 3.51. The molecule has 0 saturated carbocycles. The molecule has 3 rings (SSSR count). The molecule has 308 valence electrons. The fourth-order valence-electron chi connectivity index (χ4n) is 6.87. The SMILES string of the molecule is CCCCCCCCCCCCCC1=C(c2ccc(CCCC)cc2)[N+](=[N-])C(c2ccc(CCCC)cc2)=C1.[CH2-]CCCCCC.[CH2-]CCCCCC.[Pd+2]. The van der Waals surface area contributed by atoms with Gasteiger partial charge in [0.1, 0.15) is 0 Å². The largest absolute Gasteiger partial charge is 2.00 e. The van der Waals surface area contributed by atoms with E-state index in [2.05, 4.69) is 103 Å². The molecule has 1 aliphatic rings. The van der Waals surface area contributed by atoms with Crippen LogP contribution in [0.2, 0.25) is 0 Å². The minimum atomic E-state index is 0. The Hall–Kier alpha value is -1.82. The maximum Gasteiger partial charge on any atom is 2.00 e. The standard InChI is InChI=1S/C37H54N2.2C7H15.Pd/c1-4-7-10-11-12-13-14-15-16-17-18-21-35-30-36(33-26-22-31(23-27-33)19-8-5-2)39(38)37(35)34-28-24-32(25-29-34)20-9-6-3;2*1-3-5-7-6-4-2;/h22-30H,4-21H2,1-3H3;2*1,3-7H2,2H3;/q;2*-1;+2. The van der Waals surface area contributed by atoms with Gasteiger partial charge in [0, 0.05) is 22.8 Å². The fraction of sp³-hybridized carbons (Fsp3) is 0.647. The van der Waals surface area contributed by atoms with Crippen LogP contribution in [0.1, 0.15) is 224 Å². The summed E-state index contributed by atoms with van der Waals surface area (Å²) in [7, 11) is 0. The van der Waals surface area contributed by atoms with Crippen LogP contribution in [0, 0.1) is 13.8 Å². The van der Waals surface area contributed by atoms with E-state index < -0.39 is 0 Å². The quantitative estimate of drug-likeness (QED) is 0.0353. The first-order valence-electron chi connectivity index (χ1n) is 22.7. The molecule has 1 aliphatic heterocycles. The van der Waals surface area contributed by atoms with Crippen molar-refractivity contribution in [3.63, 3.8) is 0 Å². The molecule has 2 aromatic rings. The van der Waals surface area contributed by atoms with E-state index in [0.29, 0.717) is 0 Å². The number of unbranched alkanes of at least 4 members (excludes halogenated alkanes) is 20. The first kappa shape index (κ1) is 52.2. The number of hydrogen-bond acceptors (Lipinski definition) is 0. The molecule has 0 atom stereocenters. The molecule has 1 heterocycles. The van der Waals surface area contributed by atoms with Crippen LogP contribution in [0.5, 0.6) is 0 Å². The molecule has 0 saturated heterocycles. The first-order chi connectivity index (χ1) is 26.0. The molecule has 2 nitrogen and oxygen atoms in total. The molecular weight excluding hydrogens is 747 g/mol. The van der Waals surface area contributed by atoms with Gasteiger partial charge in [0.25, 0.3) is 0 Å². The first-order valence-corrected chi connectivity index (χ1v) is 22.7. The van der Waals surface area contributed by atoms with Gasteiger partial charge in [-0.3, -0.25) is 0 Å². The minimum absolute atomic E-state index is 0. The molecule has 0 N–H and O–H groups in total. The van der Waals surface area contributed by atoms with Crippen molar-refractivity contribution in [2.45, 2.75) is 214 Å². The Morgan fingerprint density at radius 2 is 0.778 bits per heavy atom. The van der Waals surface area contributed by atoms with Crippen LogP contribution in [0.3, 0.4) is 0 Å². The maximum atomic E-state index is 11.4. The van der Waals surface area contributed by atoms with Gasteiger partial charge in [-0.1, -0.05) is 187 Å². The number of rotatable bonds is 28. The summed E-state index contributed by atoms with van der Waals surface area (Å²) in [4.78, 5) is 0. The Morgan fingerprint density at radius 1 is 0.426 bits per heavy atom. The summed E-state index contributed by atoms with van der Waals surface area (Å²) in [5, 5.41) is 0. The van der Waals surface area contributed by atoms with E-state index >= 15 is 0 Å². The number of nitrogens with zero attached hydrogens (tertiary/aromatic N) is 2. The Balaban J connectivity index is 0.00000158. The van der Waals surface area contributed by atoms with E-state index in [1.807, 2.05) is 0 Å². The third kappa shape index (κ3) is 24.0. The van der Waals surface area contributed by atoms with Gasteiger partial charge in [0.05, 0.1) is 0 Å². The molecule has 0 spiro atoms. The fourth-order valence-corrected chi connectivity index (χ4v) is 6.87. The molecule has 0 amide bonds. The van der Waals surface area contributed by atoms with Crippen LogP contribution in [0.25, 0.3) is 16.9 Å². The predicted octanol–water partition coefficient (Wildman–Crippen LogP) is 17.5. The molecule has 54 heavy (non-hydrogen) atoms. The molecule has 2 aromatic carbocycles. The van der Waals surface area contributed by atoms with Gasteiger partial charge in [-0.15, -0.1) is 0 Å². The monoisotopic (exact) mass is 831 g/mol. The Bertz CT molecular complexity index is 1190. The minimum Gasteiger partial charge on any atom is -0.493 e. The summed E-state index contributed by atoms with van der Waals surface area (Å²) in [5.74, 6) is 0. The van der Waals surface area contributed by atoms with Gasteiger partial charge in [-0.05, 0) is 73.9 Å². The van der Waals surface area contributed by atoms with Gasteiger partial charge >= 0.3 is 20.4 Å². The second kappa shape index (κ2) is 36.8. The van der Waals surface area contributed by atoms with Crippen molar-refractivity contribution in [2.75, 3.05) is 0 Å². The molecule has 3 heteroatoms. The number of allylic oxidation sites excluding steroid dienone is 2. The predicted molar refractivity (Wildman–Crippen MR) is 238 cm³/mol. The molecule has 0 aromatic heterocycles. The number of hydrogen-bond donors (Lipinski definition) is 0. The summed E-state index contributed by atoms with van der Waals surface area (Å²) >= 11 is 0. The Kier molecular flexibility index (Phi) is 35.6. The molecule has 0 fully saturated rings. The zero-order valence-electron chi connectivity index (χ0n) is 36.1. The van der Waals surface area contributed by atoms with Crippen molar-refractivity contribution in [2.24, 2.45) is 0 Å². The molecule has 0 aliphatic carbocycles. The molecule has 0 unspecified atom stereocenters. The van der Waals surface area contributed by atoms with Crippen molar-refractivity contribution < 1.29 is 25.1 Å². The van der Waals surface area contributed by atoms with E-state index in [1.54, 1.807) is 0 Å². The maximum absolute atomic E-state index is 11.4. The van der Waals surface area contributed by atoms with Gasteiger partial charge < -0.3 is 19.4 Å². The Morgan fingerprint density at radius 3 is 1.17 bits per heavy atom. The second-order valence-corrected chi connectivity index (χ2v) is 15.4. The van der Waals surface area contributed by atoms with Crippen LogP contribution in [0.15, 0.2) is 60.2 Å². The normalized spacial score (nSPS) is 12.1. The Labute approximate surface area is 351 Å². The third-order valence-electron chi connectivity index (χ3n) is 10.4. The topological polar surface area (TPSA) is 25.3 Å². The van der Waals surface area contributed by atoms with Crippen LogP contribution in [-0.4, -0.2) is 4.70 Å². The van der Waals surface area contributed by atoms with Crippen LogP contribution in [0.4, 0.5) is 0 Å². The van der Waals surface area contributed by atoms with Crippen molar-refractivity contribution in [3.05, 3.63) is 102 Å². The summed E-state index contributed by atoms with van der Waals surface area (Å²) in [5.41, 5.74) is 19.5. The number of benzene rings is 2. The zero-order chi connectivity index (χ0) is 38.8. The van der Waals surface area contributed by atoms with Gasteiger partial charge in [-0.25, -0.2) is 4.70 Å². The molecular formula is C51H84N2Pd. The van der Waals surface area contributed by atoms with Crippen molar-refractivity contribution in [1.82, 2.24) is 0 Å². The zero-order valence-corrected chi connectivity index (χ0v) is 37.7. The smallest absolute Gasteiger partial charge is 0.493 e. The van der Waals surface area contributed by atoms with E-state index in [4.69, 9.17) is 0 Å². The van der Waals surface area contributed by atoms with Crippen molar-refractivity contribution >= 4 is 11.4 Å². The summed E-state index contributed by atoms with van der Waals surface area (Å²) < 4.78 is 1.45. The second-order valence-electron chi connectivity index (χ2n) is 15.4. The third-order valence-corrected chi connectivity index (χ3v) is 10.4. The summed E-state index contributed by atoms with van der Waals surface area (Å²) in [6.07, 6.45) is 38.3. The van der Waals surface area contributed by atoms with E-state index in [0.717, 1.165) is 54.6 Å². The number of aryl methyl sites for hydroxylation is 2. The van der Waals surface area contributed by atoms with Crippen molar-refractivity contribution in [3.8, 4) is 0 Å². The van der Waals surface area contributed by atoms with E-state index in [1.165, 1.54) is 169 Å². The van der Waals surface area contributed by atoms with Gasteiger partial charge in [0.2, 0.25) is 11.4 Å². The van der Waals surface area contributed by atoms with Crippen LogP contribution >= 0.6 is 0 Å². The van der Waals surface area contributed by atoms with E-state index in [9.17, 15) is 5.53 Å². The van der Waals surface area contributed by atoms with E-state index in [-0.39, 0.29) is 20.4 Å². The van der Waals surface area contributed by atoms with Gasteiger partial charge in [0.15, 0.2) is 0 Å². The van der Waals surface area contributed by atoms with Crippen molar-refractivity contribution in [1.29, 1.82) is 0 Å². The molecule has 0 radical (unpaired) electrons. The average molecular weight is 832 g/mol. The summed E-state index contributed by atoms with van der Waals surface area (Å²) in [6.45, 7) is 18.7. The van der Waals surface area contributed by atoms with Crippen LogP contribution < -0.4 is 0 Å². The summed E-state index contributed by atoms with van der Waals surface area (Å²) in [6, 6.07) is 17.7. The van der Waals surface area contributed by atoms with Crippen LogP contribution in [-0.2, 0) is 33.3 Å². The van der Waals surface area contributed by atoms with Gasteiger partial charge in [-0.2, -0.15) is 12.8 Å². The molecule has 0 bridgehead atoms.